The van der Waals surface area contributed by atoms with Crippen molar-refractivity contribution in [3.05, 3.63) is 29.1 Å². The van der Waals surface area contributed by atoms with Crippen molar-refractivity contribution in [2.24, 2.45) is 0 Å². The van der Waals surface area contributed by atoms with Crippen molar-refractivity contribution in [3.8, 4) is 5.75 Å². The number of halogens is 5. The molecule has 0 radical (unpaired) electrons. The van der Waals surface area contributed by atoms with E-state index < -0.39 is 48.6 Å². The lowest BCUT2D eigenvalue weighted by Crippen LogP contribution is -2.43. The minimum atomic E-state index is -4.39. The van der Waals surface area contributed by atoms with Gasteiger partial charge in [0.05, 0.1) is 33.7 Å². The molecule has 0 aliphatic rings. The number of carbonyl (C=O) groups is 1. The molecule has 7 nitrogen and oxygen atoms in total. The van der Waals surface area contributed by atoms with Gasteiger partial charge in [-0.2, -0.15) is 8.78 Å². The Labute approximate surface area is 170 Å². The number of nitrogens with zero attached hydrogens (tertiary/aromatic N) is 1. The Morgan fingerprint density at radius 1 is 0.933 bits per heavy atom. The van der Waals surface area contributed by atoms with E-state index in [1.165, 1.54) is 0 Å². The van der Waals surface area contributed by atoms with Crippen LogP contribution in [0.4, 0.5) is 22.0 Å². The van der Waals surface area contributed by atoms with Gasteiger partial charge in [0.1, 0.15) is 13.2 Å². The summed E-state index contributed by atoms with van der Waals surface area (Å²) in [6, 6.07) is 0. The molecule has 0 N–H and O–H groups in total. The van der Waals surface area contributed by atoms with Gasteiger partial charge in [-0.1, -0.05) is 6.92 Å². The molecule has 0 heterocycles. The van der Waals surface area contributed by atoms with Crippen LogP contribution in [0.2, 0.25) is 0 Å². The van der Waals surface area contributed by atoms with Crippen LogP contribution in [-0.4, -0.2) is 50.9 Å². The smallest absolute Gasteiger partial charge is 0.311 e. The molecule has 1 unspecified atom stereocenters. The molecular formula is C17H23F5NO6P. The van der Waals surface area contributed by atoms with E-state index in [1.807, 2.05) is 0 Å². The topological polar surface area (TPSA) is 84.9 Å². The maximum atomic E-state index is 13.5. The van der Waals surface area contributed by atoms with Crippen LogP contribution < -0.4 is 9.63 Å². The molecule has 172 valence electrons. The van der Waals surface area contributed by atoms with Crippen molar-refractivity contribution in [1.82, 2.24) is 0 Å². The van der Waals surface area contributed by atoms with Gasteiger partial charge in [-0.15, -0.1) is 0 Å². The first-order chi connectivity index (χ1) is 13.8. The normalized spacial score (nSPS) is 13.9. The number of likely N-dealkylation sites (N-methyl/N-ethyl adjacent to an activating group) is 1. The van der Waals surface area contributed by atoms with Crippen LogP contribution in [0.3, 0.4) is 0 Å². The van der Waals surface area contributed by atoms with Crippen LogP contribution in [0.25, 0.3) is 0 Å². The first kappa shape index (κ1) is 26.4. The summed E-state index contributed by atoms with van der Waals surface area (Å²) >= 11 is 0. The Balaban J connectivity index is 2.52. The van der Waals surface area contributed by atoms with Crippen LogP contribution in [0.15, 0.2) is 0 Å². The Bertz CT molecular complexity index is 778. The number of carbonyl (C=O) groups excluding carboxylic acids is 1. The molecule has 13 heteroatoms. The summed E-state index contributed by atoms with van der Waals surface area (Å²) in [4.78, 5) is 23.2. The molecule has 0 fully saturated rings. The summed E-state index contributed by atoms with van der Waals surface area (Å²) in [5, 5.41) is 0. The lowest BCUT2D eigenvalue weighted by atomic mass is 10.2. The van der Waals surface area contributed by atoms with Crippen LogP contribution in [0.1, 0.15) is 26.2 Å². The van der Waals surface area contributed by atoms with Crippen molar-refractivity contribution in [2.45, 2.75) is 26.2 Å². The molecule has 0 saturated heterocycles. The van der Waals surface area contributed by atoms with E-state index in [-0.39, 0.29) is 37.1 Å². The summed E-state index contributed by atoms with van der Waals surface area (Å²) in [6.45, 7) is 2.09. The average Bonchev–Trinajstić information content (AvgIpc) is 2.66. The second-order valence-electron chi connectivity index (χ2n) is 6.97. The third-order valence-corrected chi connectivity index (χ3v) is 4.93. The van der Waals surface area contributed by atoms with E-state index in [9.17, 15) is 36.2 Å². The lowest BCUT2D eigenvalue weighted by molar-refractivity contribution is -0.890. The highest BCUT2D eigenvalue weighted by Gasteiger charge is 2.28. The monoisotopic (exact) mass is 463 g/mol. The Morgan fingerprint density at radius 3 is 1.97 bits per heavy atom. The molecule has 0 amide bonds. The van der Waals surface area contributed by atoms with Gasteiger partial charge in [0.2, 0.25) is 34.8 Å². The molecule has 0 aromatic heterocycles. The van der Waals surface area contributed by atoms with Gasteiger partial charge in [0.25, 0.3) is 7.82 Å². The highest BCUT2D eigenvalue weighted by Crippen LogP contribution is 2.38. The molecule has 0 aliphatic carbocycles. The number of hydrogen-bond acceptors (Lipinski definition) is 6. The Morgan fingerprint density at radius 2 is 1.43 bits per heavy atom. The van der Waals surface area contributed by atoms with Gasteiger partial charge in [0, 0.05) is 6.42 Å². The zero-order valence-electron chi connectivity index (χ0n) is 16.7. The predicted octanol–water partition coefficient (Wildman–Crippen LogP) is 3.06. The molecule has 0 saturated carbocycles. The van der Waals surface area contributed by atoms with Crippen LogP contribution in [0, 0.1) is 29.1 Å². The van der Waals surface area contributed by atoms with E-state index in [0.717, 1.165) is 0 Å². The molecular weight excluding hydrogens is 440 g/mol. The van der Waals surface area contributed by atoms with E-state index >= 15 is 0 Å². The predicted molar refractivity (Wildman–Crippen MR) is 92.7 cm³/mol. The number of phosphoric ester groups is 1. The van der Waals surface area contributed by atoms with Gasteiger partial charge in [-0.25, -0.2) is 13.2 Å². The summed E-state index contributed by atoms with van der Waals surface area (Å²) in [7, 11) is -0.971. The van der Waals surface area contributed by atoms with Gasteiger partial charge in [0.15, 0.2) is 0 Å². The van der Waals surface area contributed by atoms with Crippen LogP contribution in [-0.2, 0) is 18.4 Å². The van der Waals surface area contributed by atoms with Crippen molar-refractivity contribution in [2.75, 3.05) is 40.4 Å². The molecule has 0 bridgehead atoms. The molecule has 1 aromatic rings. The summed E-state index contributed by atoms with van der Waals surface area (Å²) in [5.74, 6) is -14.1. The third-order valence-electron chi connectivity index (χ3n) is 3.93. The fourth-order valence-corrected chi connectivity index (χ4v) is 3.03. The quantitative estimate of drug-likeness (QED) is 0.0901. The highest BCUT2D eigenvalue weighted by atomic mass is 31.2. The summed E-state index contributed by atoms with van der Waals surface area (Å²) in [6.07, 6.45) is 0.253. The number of quaternary nitrogens is 1. The number of phosphoric acid groups is 1. The first-order valence-electron chi connectivity index (χ1n) is 8.95. The highest BCUT2D eigenvalue weighted by molar-refractivity contribution is 7.45. The van der Waals surface area contributed by atoms with Gasteiger partial charge in [-0.05, 0) is 6.42 Å². The fourth-order valence-electron chi connectivity index (χ4n) is 2.24. The molecule has 1 aromatic carbocycles. The van der Waals surface area contributed by atoms with Crippen LogP contribution in [0.5, 0.6) is 5.75 Å². The van der Waals surface area contributed by atoms with Gasteiger partial charge in [-0.3, -0.25) is 9.36 Å². The van der Waals surface area contributed by atoms with E-state index in [1.54, 1.807) is 21.0 Å². The maximum absolute atomic E-state index is 13.5. The number of benzene rings is 1. The number of ether oxygens (including phenoxy) is 1. The minimum Gasteiger partial charge on any atom is -0.756 e. The second kappa shape index (κ2) is 11.1. The average molecular weight is 463 g/mol. The molecule has 1 atom stereocenters. The van der Waals surface area contributed by atoms with Gasteiger partial charge >= 0.3 is 5.97 Å². The number of esters is 1. The van der Waals surface area contributed by atoms with Crippen molar-refractivity contribution < 1.29 is 54.5 Å². The molecule has 1 rings (SSSR count). The zero-order valence-corrected chi connectivity index (χ0v) is 17.6. The summed E-state index contributed by atoms with van der Waals surface area (Å²) in [5.41, 5.74) is 0. The number of hydrogen-bond donors (Lipinski definition) is 0. The number of rotatable bonds is 12. The fraction of sp³-hybridized carbons (Fsp3) is 0.588. The Kier molecular flexibility index (Phi) is 9.83. The zero-order chi connectivity index (χ0) is 23.1. The third kappa shape index (κ3) is 7.92. The largest absolute Gasteiger partial charge is 0.756 e. The maximum Gasteiger partial charge on any atom is 0.311 e. The summed E-state index contributed by atoms with van der Waals surface area (Å²) < 4.78 is 91.5. The van der Waals surface area contributed by atoms with E-state index in [4.69, 9.17) is 4.52 Å². The Hall–Kier alpha value is -1.59. The van der Waals surface area contributed by atoms with E-state index in [0.29, 0.717) is 13.0 Å². The van der Waals surface area contributed by atoms with Crippen molar-refractivity contribution in [3.63, 3.8) is 0 Å². The van der Waals surface area contributed by atoms with Crippen molar-refractivity contribution in [1.29, 1.82) is 0 Å². The van der Waals surface area contributed by atoms with Gasteiger partial charge < -0.3 is 23.2 Å². The second-order valence-corrected chi connectivity index (χ2v) is 8.38. The molecule has 30 heavy (non-hydrogen) atoms. The van der Waals surface area contributed by atoms with Crippen LogP contribution >= 0.6 is 7.82 Å². The minimum absolute atomic E-state index is 0.00415. The standard InChI is InChI=1S/C17H23F5NO6P/c1-4-9-27-30(25,26)28-10-8-23(2,3)7-5-6-11(24)29-17-15(21)13(19)12(18)14(20)16(17)22/h4-10H2,1-3H3. The first-order valence-corrected chi connectivity index (χ1v) is 10.4. The molecule has 0 spiro atoms. The SMILES string of the molecule is CCCOP(=O)([O-])OCC[N+](C)(C)CCCC(=O)Oc1c(F)c(F)c(F)c(F)c1F. The van der Waals surface area contributed by atoms with Crippen molar-refractivity contribution >= 4 is 13.8 Å². The van der Waals surface area contributed by atoms with E-state index in [2.05, 4.69) is 9.26 Å². The lowest BCUT2D eigenvalue weighted by Gasteiger charge is -2.31. The molecule has 0 aliphatic heterocycles.